The summed E-state index contributed by atoms with van der Waals surface area (Å²) in [6, 6.07) is 0. The van der Waals surface area contributed by atoms with Crippen molar-refractivity contribution in [3.05, 3.63) is 18.6 Å². The molecule has 0 unspecified atom stereocenters. The molecule has 0 atom stereocenters. The van der Waals surface area contributed by atoms with E-state index in [0.717, 1.165) is 18.8 Å². The third kappa shape index (κ3) is 3.70. The molecule has 0 bridgehead atoms. The Morgan fingerprint density at radius 2 is 2.14 bits per heavy atom. The van der Waals surface area contributed by atoms with Crippen molar-refractivity contribution in [2.45, 2.75) is 25.8 Å². The van der Waals surface area contributed by atoms with Gasteiger partial charge in [-0.3, -0.25) is 4.98 Å². The van der Waals surface area contributed by atoms with Gasteiger partial charge in [0.05, 0.1) is 6.20 Å². The second-order valence-electron chi connectivity index (χ2n) is 4.22. The summed E-state index contributed by atoms with van der Waals surface area (Å²) < 4.78 is 0. The van der Waals surface area contributed by atoms with Crippen molar-refractivity contribution in [2.24, 2.45) is 5.73 Å². The van der Waals surface area contributed by atoms with Crippen LogP contribution in [0.5, 0.6) is 0 Å². The van der Waals surface area contributed by atoms with Gasteiger partial charge in [0.25, 0.3) is 0 Å². The summed E-state index contributed by atoms with van der Waals surface area (Å²) in [5.74, 6) is 0.886. The zero-order valence-electron chi connectivity index (χ0n) is 9.07. The van der Waals surface area contributed by atoms with Crippen LogP contribution >= 0.6 is 0 Å². The number of hydrogen-bond donors (Lipinski definition) is 1. The van der Waals surface area contributed by atoms with E-state index >= 15 is 0 Å². The van der Waals surface area contributed by atoms with E-state index < -0.39 is 0 Å². The lowest BCUT2D eigenvalue weighted by molar-refractivity contribution is 0.478. The molecule has 0 amide bonds. The van der Waals surface area contributed by atoms with E-state index in [2.05, 4.69) is 14.9 Å². The fraction of sp³-hybridized carbons (Fsp3) is 0.600. The van der Waals surface area contributed by atoms with Gasteiger partial charge in [-0.15, -0.1) is 0 Å². The number of rotatable bonds is 4. The Morgan fingerprint density at radius 3 is 2.64 bits per heavy atom. The molecule has 1 aromatic rings. The molecule has 78 valence electrons. The summed E-state index contributed by atoms with van der Waals surface area (Å²) in [7, 11) is 2.00. The normalized spacial score (nSPS) is 11.4. The maximum Gasteiger partial charge on any atom is 0.146 e. The van der Waals surface area contributed by atoms with Gasteiger partial charge in [0.1, 0.15) is 5.82 Å². The Balaban J connectivity index is 2.48. The lowest BCUT2D eigenvalue weighted by atomic mass is 10.0. The van der Waals surface area contributed by atoms with Crippen molar-refractivity contribution in [1.82, 2.24) is 9.97 Å². The number of hydrogen-bond acceptors (Lipinski definition) is 4. The lowest BCUT2D eigenvalue weighted by Gasteiger charge is -2.23. The number of nitrogens with zero attached hydrogens (tertiary/aromatic N) is 3. The maximum absolute atomic E-state index is 5.90. The van der Waals surface area contributed by atoms with Crippen LogP contribution in [0.1, 0.15) is 20.3 Å². The van der Waals surface area contributed by atoms with Crippen LogP contribution in [0.4, 0.5) is 5.82 Å². The van der Waals surface area contributed by atoms with Crippen LogP contribution in [0.2, 0.25) is 0 Å². The van der Waals surface area contributed by atoms with Gasteiger partial charge in [0, 0.05) is 31.5 Å². The third-order valence-corrected chi connectivity index (χ3v) is 2.03. The molecule has 0 aromatic carbocycles. The molecular formula is C10H18N4. The van der Waals surface area contributed by atoms with Gasteiger partial charge in [-0.05, 0) is 20.3 Å². The average Bonchev–Trinajstić information content (AvgIpc) is 2.14. The highest BCUT2D eigenvalue weighted by molar-refractivity contribution is 5.33. The van der Waals surface area contributed by atoms with Gasteiger partial charge in [-0.1, -0.05) is 0 Å². The van der Waals surface area contributed by atoms with Gasteiger partial charge in [0.2, 0.25) is 0 Å². The van der Waals surface area contributed by atoms with Crippen molar-refractivity contribution < 1.29 is 0 Å². The Kier molecular flexibility index (Phi) is 3.41. The molecule has 1 rings (SSSR count). The first-order valence-electron chi connectivity index (χ1n) is 4.75. The third-order valence-electron chi connectivity index (χ3n) is 2.03. The van der Waals surface area contributed by atoms with Crippen LogP contribution in [-0.2, 0) is 0 Å². The van der Waals surface area contributed by atoms with Gasteiger partial charge in [0.15, 0.2) is 0 Å². The minimum atomic E-state index is -0.129. The molecule has 0 aliphatic carbocycles. The summed E-state index contributed by atoms with van der Waals surface area (Å²) in [4.78, 5) is 10.3. The summed E-state index contributed by atoms with van der Waals surface area (Å²) in [6.07, 6.45) is 6.05. The van der Waals surface area contributed by atoms with Crippen molar-refractivity contribution in [2.75, 3.05) is 18.5 Å². The van der Waals surface area contributed by atoms with Crippen molar-refractivity contribution >= 4 is 5.82 Å². The molecule has 2 N–H and O–H groups in total. The van der Waals surface area contributed by atoms with Crippen LogP contribution in [-0.4, -0.2) is 29.1 Å². The van der Waals surface area contributed by atoms with Crippen LogP contribution < -0.4 is 10.6 Å². The first-order chi connectivity index (χ1) is 6.49. The zero-order valence-corrected chi connectivity index (χ0v) is 9.07. The van der Waals surface area contributed by atoms with E-state index in [-0.39, 0.29) is 5.54 Å². The fourth-order valence-electron chi connectivity index (χ4n) is 1.06. The van der Waals surface area contributed by atoms with E-state index in [1.54, 1.807) is 18.6 Å². The first-order valence-corrected chi connectivity index (χ1v) is 4.75. The van der Waals surface area contributed by atoms with E-state index in [1.807, 2.05) is 20.9 Å². The molecule has 4 heteroatoms. The highest BCUT2D eigenvalue weighted by Gasteiger charge is 2.12. The van der Waals surface area contributed by atoms with E-state index in [0.29, 0.717) is 0 Å². The second kappa shape index (κ2) is 4.37. The molecule has 0 saturated heterocycles. The van der Waals surface area contributed by atoms with Crippen molar-refractivity contribution in [1.29, 1.82) is 0 Å². The Morgan fingerprint density at radius 1 is 1.43 bits per heavy atom. The van der Waals surface area contributed by atoms with Gasteiger partial charge < -0.3 is 10.6 Å². The molecule has 0 aliphatic rings. The predicted octanol–water partition coefficient (Wildman–Crippen LogP) is 1.04. The molecule has 1 aromatic heterocycles. The first kappa shape index (κ1) is 10.9. The van der Waals surface area contributed by atoms with E-state index in [9.17, 15) is 0 Å². The summed E-state index contributed by atoms with van der Waals surface area (Å²) in [6.45, 7) is 4.94. The molecular weight excluding hydrogens is 176 g/mol. The summed E-state index contributed by atoms with van der Waals surface area (Å²) in [5.41, 5.74) is 5.77. The highest BCUT2D eigenvalue weighted by Crippen LogP contribution is 2.09. The highest BCUT2D eigenvalue weighted by atomic mass is 15.2. The standard InChI is InChI=1S/C10H18N4/c1-10(2,11)4-7-14(3)9-8-12-5-6-13-9/h5-6,8H,4,7,11H2,1-3H3. The van der Waals surface area contributed by atoms with Crippen molar-refractivity contribution in [3.8, 4) is 0 Å². The Bertz CT molecular complexity index is 265. The number of anilines is 1. The van der Waals surface area contributed by atoms with Crippen LogP contribution in [0, 0.1) is 0 Å². The van der Waals surface area contributed by atoms with Crippen LogP contribution in [0.15, 0.2) is 18.6 Å². The zero-order chi connectivity index (χ0) is 10.6. The monoisotopic (exact) mass is 194 g/mol. The quantitative estimate of drug-likeness (QED) is 0.778. The second-order valence-corrected chi connectivity index (χ2v) is 4.22. The molecule has 0 fully saturated rings. The van der Waals surface area contributed by atoms with E-state index in [1.165, 1.54) is 0 Å². The lowest BCUT2D eigenvalue weighted by Crippen LogP contribution is -2.36. The summed E-state index contributed by atoms with van der Waals surface area (Å²) >= 11 is 0. The largest absolute Gasteiger partial charge is 0.358 e. The van der Waals surface area contributed by atoms with Crippen LogP contribution in [0.3, 0.4) is 0 Å². The average molecular weight is 194 g/mol. The van der Waals surface area contributed by atoms with Gasteiger partial charge >= 0.3 is 0 Å². The molecule has 1 heterocycles. The summed E-state index contributed by atoms with van der Waals surface area (Å²) in [5, 5.41) is 0. The molecule has 0 saturated carbocycles. The van der Waals surface area contributed by atoms with Crippen molar-refractivity contribution in [3.63, 3.8) is 0 Å². The molecule has 14 heavy (non-hydrogen) atoms. The molecule has 0 radical (unpaired) electrons. The van der Waals surface area contributed by atoms with Gasteiger partial charge in [-0.2, -0.15) is 0 Å². The minimum Gasteiger partial charge on any atom is -0.358 e. The number of aromatic nitrogens is 2. The van der Waals surface area contributed by atoms with E-state index in [4.69, 9.17) is 5.73 Å². The smallest absolute Gasteiger partial charge is 0.146 e. The Hall–Kier alpha value is -1.16. The predicted molar refractivity (Wildman–Crippen MR) is 58.2 cm³/mol. The SMILES string of the molecule is CN(CCC(C)(C)N)c1cnccn1. The Labute approximate surface area is 85.2 Å². The molecule has 0 aliphatic heterocycles. The molecule has 4 nitrogen and oxygen atoms in total. The molecule has 0 spiro atoms. The minimum absolute atomic E-state index is 0.129. The fourth-order valence-corrected chi connectivity index (χ4v) is 1.06. The number of nitrogens with two attached hydrogens (primary N) is 1. The topological polar surface area (TPSA) is 55.0 Å². The van der Waals surface area contributed by atoms with Gasteiger partial charge in [-0.25, -0.2) is 4.98 Å². The van der Waals surface area contributed by atoms with Crippen LogP contribution in [0.25, 0.3) is 0 Å². The maximum atomic E-state index is 5.90.